The fourth-order valence-electron chi connectivity index (χ4n) is 3.52. The molecule has 1 aliphatic heterocycles. The van der Waals surface area contributed by atoms with Gasteiger partial charge in [0.05, 0.1) is 11.2 Å². The van der Waals surface area contributed by atoms with Gasteiger partial charge < -0.3 is 28.8 Å². The Hall–Kier alpha value is -3.37. The van der Waals surface area contributed by atoms with Crippen LogP contribution in [-0.2, 0) is 35.0 Å². The standard InChI is InChI=1S/C28H36BNO8/c1-26(2,3)36-24(32)18-34-22-15-20(13-14-21(22)29-37-27(4,5)28(6,7)38-29)25(33)30-16-23(31)35-17-19-11-9-8-10-12-19/h8-15H,16-18H2,1-7H3,(H,30,33). The molecule has 0 unspecified atom stereocenters. The minimum absolute atomic E-state index is 0.112. The summed E-state index contributed by atoms with van der Waals surface area (Å²) in [5, 5.41) is 2.55. The fraction of sp³-hybridized carbons (Fsp3) is 0.464. The van der Waals surface area contributed by atoms with E-state index in [4.69, 9.17) is 23.5 Å². The highest BCUT2D eigenvalue weighted by atomic mass is 16.7. The van der Waals surface area contributed by atoms with Crippen molar-refractivity contribution in [3.63, 3.8) is 0 Å². The summed E-state index contributed by atoms with van der Waals surface area (Å²) in [5.41, 5.74) is -0.290. The third kappa shape index (κ3) is 7.82. The zero-order valence-electron chi connectivity index (χ0n) is 23.1. The van der Waals surface area contributed by atoms with Crippen molar-refractivity contribution in [1.29, 1.82) is 0 Å². The number of esters is 2. The molecule has 0 radical (unpaired) electrons. The van der Waals surface area contributed by atoms with E-state index in [1.807, 2.05) is 58.0 Å². The summed E-state index contributed by atoms with van der Waals surface area (Å²) in [5.74, 6) is -1.41. The Morgan fingerprint density at radius 3 is 2.16 bits per heavy atom. The highest BCUT2D eigenvalue weighted by Gasteiger charge is 2.52. The number of ether oxygens (including phenoxy) is 3. The van der Waals surface area contributed by atoms with Gasteiger partial charge in [0, 0.05) is 11.0 Å². The molecule has 3 rings (SSSR count). The van der Waals surface area contributed by atoms with E-state index in [0.29, 0.717) is 5.46 Å². The molecule has 2 aromatic rings. The normalized spacial score (nSPS) is 16.0. The molecule has 38 heavy (non-hydrogen) atoms. The van der Waals surface area contributed by atoms with Gasteiger partial charge in [-0.25, -0.2) is 4.79 Å². The maximum atomic E-state index is 12.8. The van der Waals surface area contributed by atoms with E-state index in [1.165, 1.54) is 6.07 Å². The highest BCUT2D eigenvalue weighted by Crippen LogP contribution is 2.37. The molecule has 0 aromatic heterocycles. The van der Waals surface area contributed by atoms with Crippen LogP contribution in [0.15, 0.2) is 48.5 Å². The first-order valence-electron chi connectivity index (χ1n) is 12.5. The van der Waals surface area contributed by atoms with Crippen molar-refractivity contribution < 1.29 is 37.9 Å². The van der Waals surface area contributed by atoms with Gasteiger partial charge in [0.15, 0.2) is 6.61 Å². The third-order valence-electron chi connectivity index (χ3n) is 6.18. The van der Waals surface area contributed by atoms with Crippen LogP contribution < -0.4 is 15.5 Å². The lowest BCUT2D eigenvalue weighted by molar-refractivity contribution is -0.157. The molecule has 1 saturated heterocycles. The smallest absolute Gasteiger partial charge is 0.482 e. The molecule has 1 heterocycles. The van der Waals surface area contributed by atoms with Crippen LogP contribution in [0.2, 0.25) is 0 Å². The molecular weight excluding hydrogens is 489 g/mol. The summed E-state index contributed by atoms with van der Waals surface area (Å²) in [4.78, 5) is 37.2. The Balaban J connectivity index is 1.71. The Morgan fingerprint density at radius 2 is 1.55 bits per heavy atom. The molecule has 204 valence electrons. The SMILES string of the molecule is CC(C)(C)OC(=O)COc1cc(C(=O)NCC(=O)OCc2ccccc2)ccc1B1OC(C)(C)C(C)(C)O1. The Labute approximate surface area is 224 Å². The molecule has 1 fully saturated rings. The maximum absolute atomic E-state index is 12.8. The minimum atomic E-state index is -0.779. The van der Waals surface area contributed by atoms with Gasteiger partial charge in [0.25, 0.3) is 5.91 Å². The van der Waals surface area contributed by atoms with E-state index in [0.717, 1.165) is 5.56 Å². The number of amides is 1. The van der Waals surface area contributed by atoms with Gasteiger partial charge in [-0.05, 0) is 66.2 Å². The van der Waals surface area contributed by atoms with E-state index < -0.39 is 41.8 Å². The van der Waals surface area contributed by atoms with E-state index >= 15 is 0 Å². The van der Waals surface area contributed by atoms with Crippen molar-refractivity contribution in [3.05, 3.63) is 59.7 Å². The van der Waals surface area contributed by atoms with Crippen LogP contribution in [0.3, 0.4) is 0 Å². The molecule has 1 aliphatic rings. The first-order chi connectivity index (χ1) is 17.7. The summed E-state index contributed by atoms with van der Waals surface area (Å²) in [6.07, 6.45) is 0. The van der Waals surface area contributed by atoms with Crippen LogP contribution >= 0.6 is 0 Å². The lowest BCUT2D eigenvalue weighted by atomic mass is 9.78. The van der Waals surface area contributed by atoms with Crippen LogP contribution in [0, 0.1) is 0 Å². The van der Waals surface area contributed by atoms with Crippen LogP contribution in [0.1, 0.15) is 64.4 Å². The third-order valence-corrected chi connectivity index (χ3v) is 6.18. The summed E-state index contributed by atoms with van der Waals surface area (Å²) < 4.78 is 28.6. The second-order valence-electron chi connectivity index (χ2n) is 11.0. The molecule has 1 amide bonds. The average molecular weight is 525 g/mol. The van der Waals surface area contributed by atoms with Crippen LogP contribution in [0.25, 0.3) is 0 Å². The zero-order valence-corrected chi connectivity index (χ0v) is 23.1. The van der Waals surface area contributed by atoms with Crippen molar-refractivity contribution in [2.45, 2.75) is 71.9 Å². The number of hydrogen-bond donors (Lipinski definition) is 1. The number of carbonyl (C=O) groups excluding carboxylic acids is 3. The summed E-state index contributed by atoms with van der Waals surface area (Å²) in [7, 11) is -0.779. The molecule has 10 heteroatoms. The van der Waals surface area contributed by atoms with Crippen molar-refractivity contribution >= 4 is 30.4 Å². The highest BCUT2D eigenvalue weighted by molar-refractivity contribution is 6.63. The Bertz CT molecular complexity index is 1140. The predicted octanol–water partition coefficient (Wildman–Crippen LogP) is 3.18. The summed E-state index contributed by atoms with van der Waals surface area (Å²) in [6.45, 7) is 12.4. The molecule has 0 atom stereocenters. The quantitative estimate of drug-likeness (QED) is 0.393. The number of carbonyl (C=O) groups is 3. The van der Waals surface area contributed by atoms with Crippen LogP contribution in [-0.4, -0.2) is 54.9 Å². The number of benzene rings is 2. The van der Waals surface area contributed by atoms with Crippen molar-refractivity contribution in [2.24, 2.45) is 0 Å². The topological polar surface area (TPSA) is 109 Å². The first-order valence-corrected chi connectivity index (χ1v) is 12.5. The molecule has 1 N–H and O–H groups in total. The largest absolute Gasteiger partial charge is 0.498 e. The van der Waals surface area contributed by atoms with E-state index in [9.17, 15) is 14.4 Å². The average Bonchev–Trinajstić information content (AvgIpc) is 3.05. The van der Waals surface area contributed by atoms with E-state index in [2.05, 4.69) is 5.32 Å². The molecule has 0 saturated carbocycles. The van der Waals surface area contributed by atoms with Gasteiger partial charge in [-0.1, -0.05) is 36.4 Å². The fourth-order valence-corrected chi connectivity index (χ4v) is 3.52. The van der Waals surface area contributed by atoms with Gasteiger partial charge in [0.1, 0.15) is 24.5 Å². The van der Waals surface area contributed by atoms with Gasteiger partial charge in [-0.2, -0.15) is 0 Å². The molecule has 9 nitrogen and oxygen atoms in total. The molecule has 0 bridgehead atoms. The molecule has 0 aliphatic carbocycles. The number of rotatable bonds is 9. The monoisotopic (exact) mass is 525 g/mol. The zero-order chi connectivity index (χ0) is 28.1. The lowest BCUT2D eigenvalue weighted by Gasteiger charge is -2.32. The summed E-state index contributed by atoms with van der Waals surface area (Å²) in [6, 6.07) is 13.9. The number of nitrogens with one attached hydrogen (secondary N) is 1. The van der Waals surface area contributed by atoms with Gasteiger partial charge in [-0.3, -0.25) is 9.59 Å². The second kappa shape index (κ2) is 11.6. The van der Waals surface area contributed by atoms with Crippen molar-refractivity contribution in [3.8, 4) is 5.75 Å². The maximum Gasteiger partial charge on any atom is 0.498 e. The van der Waals surface area contributed by atoms with Crippen LogP contribution in [0.5, 0.6) is 5.75 Å². The number of hydrogen-bond acceptors (Lipinski definition) is 8. The summed E-state index contributed by atoms with van der Waals surface area (Å²) >= 11 is 0. The lowest BCUT2D eigenvalue weighted by Crippen LogP contribution is -2.41. The van der Waals surface area contributed by atoms with Gasteiger partial charge in [0.2, 0.25) is 0 Å². The van der Waals surface area contributed by atoms with E-state index in [-0.39, 0.29) is 31.1 Å². The Kier molecular flexibility index (Phi) is 8.89. The second-order valence-corrected chi connectivity index (χ2v) is 11.0. The van der Waals surface area contributed by atoms with Gasteiger partial charge >= 0.3 is 19.1 Å². The minimum Gasteiger partial charge on any atom is -0.482 e. The van der Waals surface area contributed by atoms with Gasteiger partial charge in [-0.15, -0.1) is 0 Å². The molecule has 0 spiro atoms. The van der Waals surface area contributed by atoms with Crippen molar-refractivity contribution in [2.75, 3.05) is 13.2 Å². The molecular formula is C28H36BNO8. The Morgan fingerprint density at radius 1 is 0.921 bits per heavy atom. The molecule has 2 aromatic carbocycles. The first kappa shape index (κ1) is 29.2. The van der Waals surface area contributed by atoms with Crippen LogP contribution in [0.4, 0.5) is 0 Å². The van der Waals surface area contributed by atoms with Crippen molar-refractivity contribution in [1.82, 2.24) is 5.32 Å². The predicted molar refractivity (Wildman–Crippen MR) is 142 cm³/mol. The van der Waals surface area contributed by atoms with E-state index in [1.54, 1.807) is 32.9 Å².